The van der Waals surface area contributed by atoms with Gasteiger partial charge in [-0.05, 0) is 61.4 Å². The third-order valence-electron chi connectivity index (χ3n) is 7.11. The fourth-order valence-electron chi connectivity index (χ4n) is 5.19. The minimum Gasteiger partial charge on any atom is -0.493 e. The molecular weight excluding hydrogens is 494 g/mol. The standard InChI is InChI=1S/C31H27N3O5/c1-18(30(35)33-14-12-19-8-11-26(37-2)27(16-19)38-3)39-20-9-10-25-24(17-20)22-13-15-32-28-21-6-4-5-7-23(21)31(36)34(25)29(22)28/h4-11,13,15-18H,12,14H2,1-3H3,(H,33,35). The minimum absolute atomic E-state index is 0.0815. The lowest BCUT2D eigenvalue weighted by atomic mass is 10.1. The molecule has 8 nitrogen and oxygen atoms in total. The maximum atomic E-state index is 13.4. The lowest BCUT2D eigenvalue weighted by Gasteiger charge is -2.15. The zero-order chi connectivity index (χ0) is 27.1. The van der Waals surface area contributed by atoms with Gasteiger partial charge < -0.3 is 19.5 Å². The molecule has 3 aromatic heterocycles. The van der Waals surface area contributed by atoms with Crippen molar-refractivity contribution in [3.8, 4) is 17.2 Å². The van der Waals surface area contributed by atoms with E-state index >= 15 is 0 Å². The number of hydrogen-bond acceptors (Lipinski definition) is 6. The van der Waals surface area contributed by atoms with E-state index < -0.39 is 6.10 Å². The van der Waals surface area contributed by atoms with E-state index in [4.69, 9.17) is 14.2 Å². The first-order chi connectivity index (χ1) is 19.0. The molecule has 3 aromatic carbocycles. The van der Waals surface area contributed by atoms with E-state index in [1.165, 1.54) is 0 Å². The number of aromatic nitrogens is 2. The lowest BCUT2D eigenvalue weighted by Crippen LogP contribution is -2.37. The third-order valence-corrected chi connectivity index (χ3v) is 7.11. The molecule has 1 atom stereocenters. The lowest BCUT2D eigenvalue weighted by molar-refractivity contribution is -0.127. The molecule has 0 bridgehead atoms. The van der Waals surface area contributed by atoms with Crippen LogP contribution in [0.3, 0.4) is 0 Å². The Bertz CT molecular complexity index is 1910. The molecular formula is C31H27N3O5. The van der Waals surface area contributed by atoms with Gasteiger partial charge in [-0.1, -0.05) is 24.3 Å². The normalized spacial score (nSPS) is 12.3. The highest BCUT2D eigenvalue weighted by Crippen LogP contribution is 2.34. The molecule has 1 unspecified atom stereocenters. The molecule has 0 saturated heterocycles. The second kappa shape index (κ2) is 9.79. The Hall–Kier alpha value is -4.85. The number of hydrogen-bond donors (Lipinski definition) is 1. The Labute approximate surface area is 224 Å². The zero-order valence-corrected chi connectivity index (χ0v) is 21.9. The van der Waals surface area contributed by atoms with E-state index in [1.54, 1.807) is 37.8 Å². The van der Waals surface area contributed by atoms with Crippen molar-refractivity contribution >= 4 is 44.0 Å². The van der Waals surface area contributed by atoms with E-state index in [9.17, 15) is 9.59 Å². The number of ether oxygens (including phenoxy) is 3. The van der Waals surface area contributed by atoms with Crippen LogP contribution in [0.2, 0.25) is 0 Å². The van der Waals surface area contributed by atoms with Crippen LogP contribution in [-0.2, 0) is 11.2 Å². The average molecular weight is 522 g/mol. The van der Waals surface area contributed by atoms with Crippen molar-refractivity contribution in [1.29, 1.82) is 0 Å². The molecule has 39 heavy (non-hydrogen) atoms. The van der Waals surface area contributed by atoms with Crippen LogP contribution in [0.4, 0.5) is 0 Å². The maximum absolute atomic E-state index is 13.4. The molecule has 0 spiro atoms. The number of benzene rings is 3. The molecule has 1 N–H and O–H groups in total. The largest absolute Gasteiger partial charge is 0.493 e. The van der Waals surface area contributed by atoms with Crippen molar-refractivity contribution in [3.05, 3.63) is 88.8 Å². The molecule has 8 heteroatoms. The fraction of sp³-hybridized carbons (Fsp3) is 0.194. The van der Waals surface area contributed by atoms with Crippen molar-refractivity contribution in [1.82, 2.24) is 14.7 Å². The van der Waals surface area contributed by atoms with Crippen LogP contribution < -0.4 is 25.1 Å². The van der Waals surface area contributed by atoms with Gasteiger partial charge in [-0.25, -0.2) is 0 Å². The number of carbonyl (C=O) groups is 1. The summed E-state index contributed by atoms with van der Waals surface area (Å²) in [5.74, 6) is 1.65. The third kappa shape index (κ3) is 4.14. The Balaban J connectivity index is 1.23. The topological polar surface area (TPSA) is 91.2 Å². The van der Waals surface area contributed by atoms with Crippen LogP contribution in [0.25, 0.3) is 38.1 Å². The van der Waals surface area contributed by atoms with Crippen LogP contribution in [0.5, 0.6) is 17.2 Å². The highest BCUT2D eigenvalue weighted by molar-refractivity contribution is 6.18. The molecule has 0 aliphatic rings. The van der Waals surface area contributed by atoms with Crippen LogP contribution >= 0.6 is 0 Å². The second-order valence-electron chi connectivity index (χ2n) is 9.41. The summed E-state index contributed by atoms with van der Waals surface area (Å²) < 4.78 is 18.4. The van der Waals surface area contributed by atoms with Crippen LogP contribution in [0.1, 0.15) is 12.5 Å². The van der Waals surface area contributed by atoms with Crippen molar-refractivity contribution < 1.29 is 19.0 Å². The van der Waals surface area contributed by atoms with Gasteiger partial charge >= 0.3 is 0 Å². The van der Waals surface area contributed by atoms with Crippen LogP contribution in [0, 0.1) is 0 Å². The van der Waals surface area contributed by atoms with E-state index in [0.717, 1.165) is 38.3 Å². The minimum atomic E-state index is -0.708. The highest BCUT2D eigenvalue weighted by Gasteiger charge is 2.19. The SMILES string of the molecule is COc1ccc(CCNC(=O)C(C)Oc2ccc3c(c2)c2ccnc4c5ccccc5c(=O)n3c24)cc1OC. The summed E-state index contributed by atoms with van der Waals surface area (Å²) in [4.78, 5) is 30.8. The first-order valence-electron chi connectivity index (χ1n) is 12.7. The van der Waals surface area contributed by atoms with Gasteiger partial charge in [0, 0.05) is 34.3 Å². The summed E-state index contributed by atoms with van der Waals surface area (Å²) in [6, 6.07) is 20.7. The number of nitrogens with zero attached hydrogens (tertiary/aromatic N) is 2. The van der Waals surface area contributed by atoms with E-state index in [0.29, 0.717) is 35.6 Å². The first-order valence-corrected chi connectivity index (χ1v) is 12.7. The molecule has 6 aromatic rings. The number of fused-ring (bicyclic) bond motifs is 5. The zero-order valence-electron chi connectivity index (χ0n) is 21.9. The quantitative estimate of drug-likeness (QED) is 0.291. The summed E-state index contributed by atoms with van der Waals surface area (Å²) in [6.07, 6.45) is 1.69. The molecule has 6 rings (SSSR count). The smallest absolute Gasteiger partial charge is 0.263 e. The van der Waals surface area contributed by atoms with Gasteiger partial charge in [0.2, 0.25) is 0 Å². The van der Waals surface area contributed by atoms with Gasteiger partial charge in [0.1, 0.15) is 5.75 Å². The summed E-state index contributed by atoms with van der Waals surface area (Å²) >= 11 is 0. The van der Waals surface area contributed by atoms with Gasteiger partial charge in [0.05, 0.1) is 30.8 Å². The monoisotopic (exact) mass is 521 g/mol. The van der Waals surface area contributed by atoms with E-state index in [-0.39, 0.29) is 11.5 Å². The van der Waals surface area contributed by atoms with Gasteiger partial charge in [-0.15, -0.1) is 0 Å². The fourth-order valence-corrected chi connectivity index (χ4v) is 5.19. The van der Waals surface area contributed by atoms with Crippen LogP contribution in [-0.4, -0.2) is 42.2 Å². The number of nitrogens with one attached hydrogen (secondary N) is 1. The molecule has 0 radical (unpaired) electrons. The first kappa shape index (κ1) is 24.5. The van der Waals surface area contributed by atoms with E-state index in [2.05, 4.69) is 10.3 Å². The molecule has 0 saturated carbocycles. The predicted octanol–water partition coefficient (Wildman–Crippen LogP) is 4.74. The average Bonchev–Trinajstić information content (AvgIpc) is 3.30. The maximum Gasteiger partial charge on any atom is 0.263 e. The highest BCUT2D eigenvalue weighted by atomic mass is 16.5. The number of carbonyl (C=O) groups excluding carboxylic acids is 1. The van der Waals surface area contributed by atoms with Gasteiger partial charge in [-0.3, -0.25) is 19.0 Å². The van der Waals surface area contributed by atoms with Gasteiger partial charge in [-0.2, -0.15) is 0 Å². The second-order valence-corrected chi connectivity index (χ2v) is 9.41. The van der Waals surface area contributed by atoms with Crippen molar-refractivity contribution in [3.63, 3.8) is 0 Å². The summed E-state index contributed by atoms with van der Waals surface area (Å²) in [6.45, 7) is 2.17. The Morgan fingerprint density at radius 1 is 0.923 bits per heavy atom. The summed E-state index contributed by atoms with van der Waals surface area (Å²) in [5, 5.41) is 6.17. The van der Waals surface area contributed by atoms with Crippen molar-refractivity contribution in [2.75, 3.05) is 20.8 Å². The molecule has 196 valence electrons. The predicted molar refractivity (Wildman–Crippen MR) is 152 cm³/mol. The Morgan fingerprint density at radius 2 is 1.72 bits per heavy atom. The van der Waals surface area contributed by atoms with Crippen molar-refractivity contribution in [2.24, 2.45) is 0 Å². The molecule has 1 amide bonds. The molecule has 0 aliphatic carbocycles. The van der Waals surface area contributed by atoms with Gasteiger partial charge in [0.25, 0.3) is 11.5 Å². The molecule has 3 heterocycles. The number of methoxy groups -OCH3 is 2. The van der Waals surface area contributed by atoms with Crippen LogP contribution in [0.15, 0.2) is 77.7 Å². The number of amides is 1. The van der Waals surface area contributed by atoms with Gasteiger partial charge in [0.15, 0.2) is 17.6 Å². The van der Waals surface area contributed by atoms with Crippen molar-refractivity contribution in [2.45, 2.75) is 19.4 Å². The Kier molecular flexibility index (Phi) is 6.15. The summed E-state index contributed by atoms with van der Waals surface area (Å²) in [5.41, 5.74) is 3.28. The molecule has 0 aliphatic heterocycles. The van der Waals surface area contributed by atoms with E-state index in [1.807, 2.05) is 60.7 Å². The number of pyridine rings is 2. The molecule has 0 fully saturated rings. The number of rotatable bonds is 8. The Morgan fingerprint density at radius 3 is 2.51 bits per heavy atom. The summed E-state index contributed by atoms with van der Waals surface area (Å²) in [7, 11) is 3.19.